The summed E-state index contributed by atoms with van der Waals surface area (Å²) >= 11 is 0. The maximum Gasteiger partial charge on any atom is 0.182 e. The predicted octanol–water partition coefficient (Wildman–Crippen LogP) is 3.61. The van der Waals surface area contributed by atoms with E-state index in [1.807, 2.05) is 0 Å². The monoisotopic (exact) mass is 326 g/mol. The van der Waals surface area contributed by atoms with Gasteiger partial charge in [-0.25, -0.2) is 0 Å². The molecule has 1 aliphatic heterocycles. The molecule has 24 heavy (non-hydrogen) atoms. The van der Waals surface area contributed by atoms with Crippen LogP contribution >= 0.6 is 0 Å². The Morgan fingerprint density at radius 2 is 1.92 bits per heavy atom. The molecule has 4 rings (SSSR count). The molecule has 2 bridgehead atoms. The Bertz CT molecular complexity index is 691. The standard InChI is InChI=1S/C21H26O3/c1-12-5-3-7-14-9-15-10-16(11-22)18-19(23)21(18)24-20(15)17(13(14)2)8-4-6-12/h9,11-12,16,18,21H,3-8,10H2,1-2H3/t12-,16+,18?,21?/m1/s1. The van der Waals surface area contributed by atoms with Crippen LogP contribution in [0.3, 0.4) is 0 Å². The number of Topliss-reactive ketones (excluding diaryl/α,β-unsaturated/α-hetero) is 1. The van der Waals surface area contributed by atoms with Gasteiger partial charge in [-0.2, -0.15) is 0 Å². The van der Waals surface area contributed by atoms with Crippen molar-refractivity contribution < 1.29 is 14.3 Å². The van der Waals surface area contributed by atoms with Crippen molar-refractivity contribution in [2.45, 2.75) is 64.9 Å². The SMILES string of the molecule is Cc1c2cc3c(c1CCC[C@H](C)CCC2)OC1C(=O)C1[C@H](C=O)C3. The van der Waals surface area contributed by atoms with Crippen molar-refractivity contribution in [3.63, 3.8) is 0 Å². The van der Waals surface area contributed by atoms with Crippen LogP contribution in [0.4, 0.5) is 0 Å². The van der Waals surface area contributed by atoms with Crippen molar-refractivity contribution in [3.8, 4) is 5.75 Å². The van der Waals surface area contributed by atoms with Crippen molar-refractivity contribution >= 4 is 12.1 Å². The van der Waals surface area contributed by atoms with Gasteiger partial charge in [-0.15, -0.1) is 0 Å². The van der Waals surface area contributed by atoms with Crippen molar-refractivity contribution in [1.29, 1.82) is 0 Å². The summed E-state index contributed by atoms with van der Waals surface area (Å²) in [6.07, 6.45) is 8.29. The number of carbonyl (C=O) groups excluding carboxylic acids is 2. The normalized spacial score (nSPS) is 32.0. The third kappa shape index (κ3) is 2.58. The molecule has 0 N–H and O–H groups in total. The molecule has 0 saturated heterocycles. The largest absolute Gasteiger partial charge is 0.481 e. The lowest BCUT2D eigenvalue weighted by Gasteiger charge is -2.22. The topological polar surface area (TPSA) is 43.4 Å². The van der Waals surface area contributed by atoms with E-state index in [0.717, 1.165) is 36.4 Å². The summed E-state index contributed by atoms with van der Waals surface area (Å²) in [4.78, 5) is 23.5. The van der Waals surface area contributed by atoms with Crippen molar-refractivity contribution in [1.82, 2.24) is 0 Å². The fourth-order valence-electron chi connectivity index (χ4n) is 4.66. The molecule has 3 heteroatoms. The average Bonchev–Trinajstić information content (AvgIpc) is 3.23. The Balaban J connectivity index is 1.77. The number of aldehydes is 1. The molecule has 0 amide bonds. The average molecular weight is 326 g/mol. The smallest absolute Gasteiger partial charge is 0.182 e. The number of ether oxygens (including phenoxy) is 1. The summed E-state index contributed by atoms with van der Waals surface area (Å²) in [5, 5.41) is 0. The number of hydrogen-bond donors (Lipinski definition) is 0. The highest BCUT2D eigenvalue weighted by atomic mass is 16.5. The molecule has 1 heterocycles. The highest BCUT2D eigenvalue weighted by Crippen LogP contribution is 2.46. The quantitative estimate of drug-likeness (QED) is 0.741. The van der Waals surface area contributed by atoms with Gasteiger partial charge in [-0.1, -0.05) is 25.8 Å². The maximum atomic E-state index is 12.0. The zero-order valence-corrected chi connectivity index (χ0v) is 14.6. The minimum atomic E-state index is -0.378. The van der Waals surface area contributed by atoms with Crippen LogP contribution in [0.1, 0.15) is 54.9 Å². The molecular formula is C21H26O3. The summed E-state index contributed by atoms with van der Waals surface area (Å²) < 4.78 is 6.15. The first-order chi connectivity index (χ1) is 11.6. The van der Waals surface area contributed by atoms with Gasteiger partial charge in [-0.05, 0) is 67.2 Å². The Kier molecular flexibility index (Phi) is 3.98. The Hall–Kier alpha value is -1.64. The van der Waals surface area contributed by atoms with Gasteiger partial charge in [0, 0.05) is 5.92 Å². The predicted molar refractivity (Wildman–Crippen MR) is 92.4 cm³/mol. The molecule has 0 spiro atoms. The first-order valence-corrected chi connectivity index (χ1v) is 9.40. The van der Waals surface area contributed by atoms with E-state index < -0.39 is 0 Å². The molecule has 3 nitrogen and oxygen atoms in total. The number of carbonyl (C=O) groups is 2. The molecule has 1 fully saturated rings. The number of rotatable bonds is 1. The zero-order valence-electron chi connectivity index (χ0n) is 14.6. The van der Waals surface area contributed by atoms with Gasteiger partial charge in [0.1, 0.15) is 12.0 Å². The second-order valence-corrected chi connectivity index (χ2v) is 7.99. The van der Waals surface area contributed by atoms with Crippen LogP contribution in [0.15, 0.2) is 6.07 Å². The summed E-state index contributed by atoms with van der Waals surface area (Å²) in [5.41, 5.74) is 5.20. The molecule has 2 aliphatic carbocycles. The van der Waals surface area contributed by atoms with Gasteiger partial charge < -0.3 is 9.53 Å². The Morgan fingerprint density at radius 1 is 1.17 bits per heavy atom. The summed E-state index contributed by atoms with van der Waals surface area (Å²) in [6, 6.07) is 2.26. The van der Waals surface area contributed by atoms with Gasteiger partial charge >= 0.3 is 0 Å². The second-order valence-electron chi connectivity index (χ2n) is 7.99. The molecule has 4 atom stereocenters. The number of ketones is 1. The van der Waals surface area contributed by atoms with Gasteiger partial charge in [0.25, 0.3) is 0 Å². The number of aryl methyl sites for hydroxylation is 1. The molecular weight excluding hydrogens is 300 g/mol. The summed E-state index contributed by atoms with van der Waals surface area (Å²) in [5.74, 6) is 1.40. The molecule has 3 aliphatic rings. The van der Waals surface area contributed by atoms with E-state index in [9.17, 15) is 9.59 Å². The van der Waals surface area contributed by atoms with E-state index in [2.05, 4.69) is 19.9 Å². The number of benzene rings is 1. The van der Waals surface area contributed by atoms with E-state index in [1.165, 1.54) is 42.4 Å². The third-order valence-electron chi connectivity index (χ3n) is 6.28. The molecule has 128 valence electrons. The fraction of sp³-hybridized carbons (Fsp3) is 0.619. The van der Waals surface area contributed by atoms with Crippen LogP contribution in [-0.4, -0.2) is 18.2 Å². The van der Waals surface area contributed by atoms with Crippen LogP contribution in [0.2, 0.25) is 0 Å². The van der Waals surface area contributed by atoms with Crippen LogP contribution in [0.5, 0.6) is 5.75 Å². The number of fused-ring (bicyclic) bond motifs is 5. The van der Waals surface area contributed by atoms with Gasteiger partial charge in [-0.3, -0.25) is 4.79 Å². The van der Waals surface area contributed by atoms with Crippen LogP contribution in [0, 0.1) is 24.7 Å². The maximum absolute atomic E-state index is 12.0. The second kappa shape index (κ2) is 6.02. The van der Waals surface area contributed by atoms with Gasteiger partial charge in [0.15, 0.2) is 11.9 Å². The highest BCUT2D eigenvalue weighted by molar-refractivity contribution is 6.04. The Morgan fingerprint density at radius 3 is 2.67 bits per heavy atom. The van der Waals surface area contributed by atoms with E-state index in [0.29, 0.717) is 6.42 Å². The molecule has 1 aromatic carbocycles. The molecule has 1 saturated carbocycles. The minimum absolute atomic E-state index is 0.111. The fourth-order valence-corrected chi connectivity index (χ4v) is 4.66. The zero-order chi connectivity index (χ0) is 16.8. The number of hydrogen-bond acceptors (Lipinski definition) is 3. The molecule has 2 unspecified atom stereocenters. The lowest BCUT2D eigenvalue weighted by atomic mass is 9.85. The molecule has 1 aromatic rings. The van der Waals surface area contributed by atoms with Crippen LogP contribution < -0.4 is 4.74 Å². The Labute approximate surface area is 143 Å². The molecule has 0 radical (unpaired) electrons. The lowest BCUT2D eigenvalue weighted by molar-refractivity contribution is -0.116. The van der Waals surface area contributed by atoms with Crippen molar-refractivity contribution in [2.24, 2.45) is 17.8 Å². The lowest BCUT2D eigenvalue weighted by Crippen LogP contribution is -2.12. The first-order valence-electron chi connectivity index (χ1n) is 9.40. The van der Waals surface area contributed by atoms with Crippen LogP contribution in [0.25, 0.3) is 0 Å². The van der Waals surface area contributed by atoms with Gasteiger partial charge in [0.05, 0.1) is 5.92 Å². The first kappa shape index (κ1) is 15.9. The summed E-state index contributed by atoms with van der Waals surface area (Å²) in [7, 11) is 0. The van der Waals surface area contributed by atoms with Crippen molar-refractivity contribution in [2.75, 3.05) is 0 Å². The third-order valence-corrected chi connectivity index (χ3v) is 6.28. The molecule has 0 aromatic heterocycles. The highest BCUT2D eigenvalue weighted by Gasteiger charge is 2.57. The van der Waals surface area contributed by atoms with E-state index in [4.69, 9.17) is 4.74 Å². The van der Waals surface area contributed by atoms with Crippen LogP contribution in [-0.2, 0) is 28.9 Å². The van der Waals surface area contributed by atoms with Crippen molar-refractivity contribution in [3.05, 3.63) is 28.3 Å². The van der Waals surface area contributed by atoms with E-state index in [1.54, 1.807) is 0 Å². The van der Waals surface area contributed by atoms with Gasteiger partial charge in [0.2, 0.25) is 0 Å². The van der Waals surface area contributed by atoms with E-state index in [-0.39, 0.29) is 23.7 Å². The summed E-state index contributed by atoms with van der Waals surface area (Å²) in [6.45, 7) is 4.55. The minimum Gasteiger partial charge on any atom is -0.481 e. The van der Waals surface area contributed by atoms with E-state index >= 15 is 0 Å².